The van der Waals surface area contributed by atoms with Crippen LogP contribution in [0.3, 0.4) is 0 Å². The van der Waals surface area contributed by atoms with Gasteiger partial charge in [-0.1, -0.05) is 140 Å². The van der Waals surface area contributed by atoms with Crippen LogP contribution in [0.1, 0.15) is 0 Å². The predicted octanol–water partition coefficient (Wildman–Crippen LogP) is 13.7. The van der Waals surface area contributed by atoms with Gasteiger partial charge in [0.1, 0.15) is 0 Å². The van der Waals surface area contributed by atoms with Gasteiger partial charge in [-0.05, 0) is 104 Å². The van der Waals surface area contributed by atoms with Crippen LogP contribution < -0.4 is 0 Å². The van der Waals surface area contributed by atoms with Crippen LogP contribution in [0.4, 0.5) is 0 Å². The van der Waals surface area contributed by atoms with E-state index in [2.05, 4.69) is 205 Å². The normalized spacial score (nSPS) is 11.6. The zero-order valence-electron chi connectivity index (χ0n) is 29.9. The average Bonchev–Trinajstić information content (AvgIpc) is 3.58. The number of fused-ring (bicyclic) bond motifs is 6. The van der Waals surface area contributed by atoms with Crippen molar-refractivity contribution in [1.29, 1.82) is 0 Å². The van der Waals surface area contributed by atoms with Crippen LogP contribution in [-0.2, 0) is 0 Å². The summed E-state index contributed by atoms with van der Waals surface area (Å²) in [5.41, 5.74) is 11.9. The average molecular weight is 700 g/mol. The first-order chi connectivity index (χ1) is 27.2. The first-order valence-corrected chi connectivity index (χ1v) is 18.7. The summed E-state index contributed by atoms with van der Waals surface area (Å²) in [7, 11) is 0. The van der Waals surface area contributed by atoms with Crippen molar-refractivity contribution in [3.8, 4) is 50.6 Å². The predicted molar refractivity (Wildman–Crippen MR) is 231 cm³/mol. The van der Waals surface area contributed by atoms with Gasteiger partial charge in [0.25, 0.3) is 0 Å². The molecule has 0 saturated heterocycles. The second-order valence-electron chi connectivity index (χ2n) is 14.2. The number of hydrogen-bond acceptors (Lipinski definition) is 2. The molecule has 0 N–H and O–H groups in total. The summed E-state index contributed by atoms with van der Waals surface area (Å²) in [4.78, 5) is 10.6. The van der Waals surface area contributed by atoms with Crippen LogP contribution in [0.25, 0.3) is 105 Å². The minimum absolute atomic E-state index is 0.698. The Morgan fingerprint density at radius 2 is 0.927 bits per heavy atom. The van der Waals surface area contributed by atoms with Crippen molar-refractivity contribution in [3.05, 3.63) is 200 Å². The van der Waals surface area contributed by atoms with Crippen molar-refractivity contribution in [2.75, 3.05) is 0 Å². The fourth-order valence-corrected chi connectivity index (χ4v) is 8.27. The number of para-hydroxylation sites is 1. The molecule has 9 aromatic carbocycles. The molecule has 3 heteroatoms. The van der Waals surface area contributed by atoms with Gasteiger partial charge < -0.3 is 4.57 Å². The Morgan fingerprint density at radius 1 is 0.327 bits per heavy atom. The summed E-state index contributed by atoms with van der Waals surface area (Å²) >= 11 is 0. The van der Waals surface area contributed by atoms with Crippen molar-refractivity contribution in [2.24, 2.45) is 0 Å². The summed E-state index contributed by atoms with van der Waals surface area (Å²) in [6.45, 7) is 0. The summed E-state index contributed by atoms with van der Waals surface area (Å²) < 4.78 is 2.37. The van der Waals surface area contributed by atoms with Crippen LogP contribution in [0, 0.1) is 0 Å². The Kier molecular flexibility index (Phi) is 7.17. The lowest BCUT2D eigenvalue weighted by atomic mass is 9.90. The van der Waals surface area contributed by atoms with E-state index < -0.39 is 0 Å². The van der Waals surface area contributed by atoms with Crippen molar-refractivity contribution < 1.29 is 0 Å². The molecule has 11 aromatic rings. The highest BCUT2D eigenvalue weighted by molar-refractivity contribution is 6.13. The Bertz CT molecular complexity index is 3230. The van der Waals surface area contributed by atoms with E-state index in [0.29, 0.717) is 5.82 Å². The second-order valence-corrected chi connectivity index (χ2v) is 14.2. The fourth-order valence-electron chi connectivity index (χ4n) is 8.27. The quantitative estimate of drug-likeness (QED) is 0.179. The third-order valence-corrected chi connectivity index (χ3v) is 11.0. The number of rotatable bonds is 5. The van der Waals surface area contributed by atoms with E-state index in [-0.39, 0.29) is 0 Å². The summed E-state index contributed by atoms with van der Waals surface area (Å²) in [6, 6.07) is 71.6. The van der Waals surface area contributed by atoms with Gasteiger partial charge in [0, 0.05) is 33.0 Å². The van der Waals surface area contributed by atoms with Crippen LogP contribution in [-0.4, -0.2) is 14.5 Å². The van der Waals surface area contributed by atoms with E-state index in [1.807, 2.05) is 0 Å². The minimum atomic E-state index is 0.698. The maximum absolute atomic E-state index is 5.34. The highest BCUT2D eigenvalue weighted by Crippen LogP contribution is 2.40. The van der Waals surface area contributed by atoms with Crippen molar-refractivity contribution in [3.63, 3.8) is 0 Å². The maximum atomic E-state index is 5.34. The molecular weight excluding hydrogens is 667 g/mol. The summed E-state index contributed by atoms with van der Waals surface area (Å²) in [5.74, 6) is 0.698. The molecule has 0 amide bonds. The van der Waals surface area contributed by atoms with Crippen LogP contribution >= 0.6 is 0 Å². The van der Waals surface area contributed by atoms with E-state index in [1.54, 1.807) is 0 Å². The third kappa shape index (κ3) is 5.28. The van der Waals surface area contributed by atoms with Crippen molar-refractivity contribution in [1.82, 2.24) is 14.5 Å². The van der Waals surface area contributed by atoms with Gasteiger partial charge in [0.2, 0.25) is 0 Å². The molecule has 0 aliphatic carbocycles. The molecule has 2 heterocycles. The fraction of sp³-hybridized carbons (Fsp3) is 0. The lowest BCUT2D eigenvalue weighted by Gasteiger charge is -2.16. The van der Waals surface area contributed by atoms with Crippen molar-refractivity contribution >= 4 is 54.3 Å². The summed E-state index contributed by atoms with van der Waals surface area (Å²) in [6.07, 6.45) is 0. The standard InChI is InChI=1S/C52H33N3/c1-3-14-35(15-4-1)45-33-48-47(32-44(45)41-24-23-34-13-7-8-18-38(34)29-41)51(36-16-5-2-6-17-36)54-52(53-48)37-25-27-42(28-26-37)55-49-22-12-11-21-43(49)46-30-39-19-9-10-20-40(39)31-50(46)55/h1-33H. The molecule has 3 nitrogen and oxygen atoms in total. The zero-order valence-corrected chi connectivity index (χ0v) is 29.9. The topological polar surface area (TPSA) is 30.7 Å². The van der Waals surface area contributed by atoms with Crippen LogP contribution in [0.2, 0.25) is 0 Å². The molecule has 0 aliphatic heterocycles. The van der Waals surface area contributed by atoms with E-state index in [4.69, 9.17) is 9.97 Å². The molecule has 55 heavy (non-hydrogen) atoms. The van der Waals surface area contributed by atoms with E-state index in [1.165, 1.54) is 43.4 Å². The SMILES string of the molecule is c1ccc(-c2cc3nc(-c4ccc(-n5c6ccccc6c6cc7ccccc7cc65)cc4)nc(-c4ccccc4)c3cc2-c2ccc3ccccc3c2)cc1. The zero-order chi connectivity index (χ0) is 36.3. The van der Waals surface area contributed by atoms with Crippen molar-refractivity contribution in [2.45, 2.75) is 0 Å². The van der Waals surface area contributed by atoms with Crippen LogP contribution in [0.5, 0.6) is 0 Å². The van der Waals surface area contributed by atoms with Gasteiger partial charge >= 0.3 is 0 Å². The molecule has 2 aromatic heterocycles. The lowest BCUT2D eigenvalue weighted by molar-refractivity contribution is 1.17. The largest absolute Gasteiger partial charge is 0.309 e. The van der Waals surface area contributed by atoms with E-state index in [0.717, 1.165) is 55.7 Å². The molecule has 11 rings (SSSR count). The Hall–Kier alpha value is -7.36. The molecule has 0 fully saturated rings. The molecule has 0 radical (unpaired) electrons. The van der Waals surface area contributed by atoms with Gasteiger partial charge in [-0.2, -0.15) is 0 Å². The summed E-state index contributed by atoms with van der Waals surface area (Å²) in [5, 5.41) is 8.43. The molecule has 0 saturated carbocycles. The first-order valence-electron chi connectivity index (χ1n) is 18.7. The highest BCUT2D eigenvalue weighted by atomic mass is 15.0. The molecule has 0 atom stereocenters. The lowest BCUT2D eigenvalue weighted by Crippen LogP contribution is -1.98. The maximum Gasteiger partial charge on any atom is 0.160 e. The molecule has 0 aliphatic rings. The Morgan fingerprint density at radius 3 is 1.69 bits per heavy atom. The number of aromatic nitrogens is 3. The van der Waals surface area contributed by atoms with Gasteiger partial charge in [-0.15, -0.1) is 0 Å². The molecule has 256 valence electrons. The third-order valence-electron chi connectivity index (χ3n) is 11.0. The molecule has 0 spiro atoms. The monoisotopic (exact) mass is 699 g/mol. The Labute approximate surface area is 318 Å². The Balaban J connectivity index is 1.10. The van der Waals surface area contributed by atoms with Gasteiger partial charge in [0.15, 0.2) is 5.82 Å². The number of nitrogens with zero attached hydrogens (tertiary/aromatic N) is 3. The van der Waals surface area contributed by atoms with Gasteiger partial charge in [-0.25, -0.2) is 9.97 Å². The second kappa shape index (κ2) is 12.6. The number of benzene rings is 9. The first kappa shape index (κ1) is 31.2. The highest BCUT2D eigenvalue weighted by Gasteiger charge is 2.18. The number of hydrogen-bond donors (Lipinski definition) is 0. The van der Waals surface area contributed by atoms with Gasteiger partial charge in [0.05, 0.1) is 22.2 Å². The van der Waals surface area contributed by atoms with Crippen LogP contribution in [0.15, 0.2) is 200 Å². The minimum Gasteiger partial charge on any atom is -0.309 e. The molecular formula is C52H33N3. The molecule has 0 bridgehead atoms. The van der Waals surface area contributed by atoms with Gasteiger partial charge in [-0.3, -0.25) is 0 Å². The van der Waals surface area contributed by atoms with E-state index >= 15 is 0 Å². The van der Waals surface area contributed by atoms with E-state index in [9.17, 15) is 0 Å². The smallest absolute Gasteiger partial charge is 0.160 e. The molecule has 0 unspecified atom stereocenters.